The minimum atomic E-state index is -0.582. The van der Waals surface area contributed by atoms with Crippen molar-refractivity contribution < 1.29 is 57.4 Å². The van der Waals surface area contributed by atoms with Crippen LogP contribution >= 0.6 is 0 Å². The average Bonchev–Trinajstić information content (AvgIpc) is 3.86. The van der Waals surface area contributed by atoms with Gasteiger partial charge in [-0.2, -0.15) is 5.10 Å². The molecule has 0 atom stereocenters. The zero-order chi connectivity index (χ0) is 44.0. The first-order valence-electron chi connectivity index (χ1n) is 21.1. The molecule has 19 nitrogen and oxygen atoms in total. The van der Waals surface area contributed by atoms with E-state index < -0.39 is 6.09 Å². The van der Waals surface area contributed by atoms with Crippen molar-refractivity contribution >= 4 is 45.4 Å². The molecule has 0 unspecified atom stereocenters. The van der Waals surface area contributed by atoms with Crippen LogP contribution in [-0.2, 0) is 54.0 Å². The molecule has 4 rings (SSSR count). The molecule has 62 heavy (non-hydrogen) atoms. The summed E-state index contributed by atoms with van der Waals surface area (Å²) < 4.78 is 44.8. The fraction of sp³-hybridized carbons (Fsp3) is 0.581. The fourth-order valence-electron chi connectivity index (χ4n) is 6.06. The lowest BCUT2D eigenvalue weighted by molar-refractivity contribution is -0.121. The molecular weight excluding hydrogens is 807 g/mol. The Morgan fingerprint density at radius 1 is 0.726 bits per heavy atom. The van der Waals surface area contributed by atoms with Gasteiger partial charge in [-0.1, -0.05) is 12.3 Å². The van der Waals surface area contributed by atoms with Gasteiger partial charge in [-0.25, -0.2) is 19.4 Å². The molecule has 1 amide bonds. The van der Waals surface area contributed by atoms with Crippen LogP contribution in [0.5, 0.6) is 5.75 Å². The summed E-state index contributed by atoms with van der Waals surface area (Å²) in [5.41, 5.74) is 9.17. The second-order valence-corrected chi connectivity index (χ2v) is 14.0. The van der Waals surface area contributed by atoms with Gasteiger partial charge < -0.3 is 59.0 Å². The number of phenols is 1. The molecule has 0 aliphatic heterocycles. The number of nitrogen functional groups attached to an aromatic ring is 1. The number of ether oxygens (including phenoxy) is 8. The summed E-state index contributed by atoms with van der Waals surface area (Å²) in [5.74, 6) is 3.02. The van der Waals surface area contributed by atoms with E-state index in [1.807, 2.05) is 16.8 Å². The number of terminal acetylenes is 1. The van der Waals surface area contributed by atoms with E-state index in [0.717, 1.165) is 35.9 Å². The van der Waals surface area contributed by atoms with E-state index in [2.05, 4.69) is 30.9 Å². The predicted molar refractivity (Wildman–Crippen MR) is 230 cm³/mol. The van der Waals surface area contributed by atoms with Crippen LogP contribution < -0.4 is 11.1 Å². The molecule has 0 saturated heterocycles. The van der Waals surface area contributed by atoms with Crippen LogP contribution in [0.25, 0.3) is 33.3 Å². The number of ketones is 2. The third kappa shape index (κ3) is 19.2. The Kier molecular flexibility index (Phi) is 23.9. The number of phenolic OH excluding ortho intramolecular Hbond substituents is 1. The summed E-state index contributed by atoms with van der Waals surface area (Å²) >= 11 is 0. The van der Waals surface area contributed by atoms with E-state index >= 15 is 0 Å². The van der Waals surface area contributed by atoms with E-state index in [1.165, 1.54) is 6.33 Å². The van der Waals surface area contributed by atoms with Crippen molar-refractivity contribution in [2.45, 2.75) is 57.9 Å². The van der Waals surface area contributed by atoms with Crippen molar-refractivity contribution in [3.63, 3.8) is 0 Å². The van der Waals surface area contributed by atoms with Gasteiger partial charge in [0.05, 0.1) is 97.0 Å². The number of nitrogens with one attached hydrogen (secondary N) is 2. The van der Waals surface area contributed by atoms with Gasteiger partial charge >= 0.3 is 6.09 Å². The number of Topliss-reactive ketones (excluding diaryl/α,β-unsaturated/α-hetero) is 2. The molecule has 0 aliphatic rings. The minimum Gasteiger partial charge on any atom is -0.508 e. The summed E-state index contributed by atoms with van der Waals surface area (Å²) in [7, 11) is 0. The normalized spacial score (nSPS) is 11.3. The number of aryl methyl sites for hydroxylation is 1. The van der Waals surface area contributed by atoms with Crippen molar-refractivity contribution in [1.29, 1.82) is 0 Å². The van der Waals surface area contributed by atoms with Gasteiger partial charge in [0.1, 0.15) is 35.2 Å². The first-order chi connectivity index (χ1) is 30.4. The van der Waals surface area contributed by atoms with Gasteiger partial charge in [-0.05, 0) is 43.5 Å². The second kappa shape index (κ2) is 29.9. The minimum absolute atomic E-state index is 0.0736. The van der Waals surface area contributed by atoms with Crippen LogP contribution in [0.15, 0.2) is 30.6 Å². The topological polar surface area (TPSA) is 243 Å². The van der Waals surface area contributed by atoms with E-state index in [1.54, 1.807) is 12.1 Å². The van der Waals surface area contributed by atoms with E-state index in [9.17, 15) is 19.5 Å². The largest absolute Gasteiger partial charge is 0.508 e. The van der Waals surface area contributed by atoms with Crippen LogP contribution in [0.3, 0.4) is 0 Å². The summed E-state index contributed by atoms with van der Waals surface area (Å²) in [5, 5.41) is 18.7. The van der Waals surface area contributed by atoms with E-state index in [-0.39, 0.29) is 23.9 Å². The maximum Gasteiger partial charge on any atom is 0.408 e. The van der Waals surface area contributed by atoms with Crippen molar-refractivity contribution in [3.05, 3.63) is 30.6 Å². The highest BCUT2D eigenvalue weighted by atomic mass is 16.6. The molecule has 19 heteroatoms. The monoisotopic (exact) mass is 867 g/mol. The second-order valence-electron chi connectivity index (χ2n) is 14.0. The Bertz CT molecular complexity index is 1960. The number of amides is 1. The van der Waals surface area contributed by atoms with Crippen LogP contribution in [0.4, 0.5) is 10.6 Å². The van der Waals surface area contributed by atoms with Gasteiger partial charge in [-0.15, -0.1) is 6.42 Å². The predicted octanol–water partition coefficient (Wildman–Crippen LogP) is 4.00. The van der Waals surface area contributed by atoms with E-state index in [4.69, 9.17) is 50.4 Å². The number of hydrogen-bond acceptors (Lipinski definition) is 16. The Labute approximate surface area is 361 Å². The molecule has 1 aromatic carbocycles. The zero-order valence-electron chi connectivity index (χ0n) is 35.4. The van der Waals surface area contributed by atoms with Crippen molar-refractivity contribution in [3.8, 4) is 29.5 Å². The number of aromatic hydroxyl groups is 1. The molecular formula is C43H61N7O12. The van der Waals surface area contributed by atoms with Gasteiger partial charge in [-0.3, -0.25) is 9.59 Å². The first-order valence-corrected chi connectivity index (χ1v) is 21.1. The third-order valence-corrected chi connectivity index (χ3v) is 9.20. The lowest BCUT2D eigenvalue weighted by atomic mass is 10.1. The Balaban J connectivity index is 0.873. The van der Waals surface area contributed by atoms with Crippen LogP contribution in [-0.4, -0.2) is 153 Å². The van der Waals surface area contributed by atoms with Crippen LogP contribution in [0, 0.1) is 12.3 Å². The molecule has 340 valence electrons. The number of H-pyrrole nitrogens is 1. The lowest BCUT2D eigenvalue weighted by Crippen LogP contribution is -2.28. The molecule has 0 radical (unpaired) electrons. The number of hydrogen-bond donors (Lipinski definition) is 4. The maximum absolute atomic E-state index is 12.4. The summed E-state index contributed by atoms with van der Waals surface area (Å²) in [4.78, 5) is 47.6. The standard InChI is InChI=1S/C43H61N7O12/c1-2-15-62-43(54)45-13-19-58-23-27-60-25-21-57-18-12-35(52)8-6-16-55-20-24-59-28-29-61-26-22-56-17-11-34(51)7-4-3-5-14-50-42-39(41(44)46-32-47-42)40(49-50)38-31-33-30-36(53)9-10-37(33)48-38/h1,9-10,30-32,48,53H,3-8,11-29H2,(H,45,54)(H2,44,46,47). The van der Waals surface area contributed by atoms with Crippen molar-refractivity contribution in [2.24, 2.45) is 0 Å². The molecule has 4 aromatic rings. The van der Waals surface area contributed by atoms with Gasteiger partial charge in [0, 0.05) is 56.3 Å². The average molecular weight is 868 g/mol. The zero-order valence-corrected chi connectivity index (χ0v) is 35.4. The van der Waals surface area contributed by atoms with Crippen molar-refractivity contribution in [1.82, 2.24) is 30.0 Å². The number of carbonyl (C=O) groups is 3. The third-order valence-electron chi connectivity index (χ3n) is 9.20. The number of alkyl carbamates (subject to hydrolysis) is 1. The van der Waals surface area contributed by atoms with Gasteiger partial charge in [0.2, 0.25) is 0 Å². The molecule has 0 bridgehead atoms. The number of nitrogens with zero attached hydrogens (tertiary/aromatic N) is 4. The number of unbranched alkanes of at least 4 members (excludes halogenated alkanes) is 2. The molecule has 3 aromatic heterocycles. The first kappa shape index (κ1) is 49.5. The fourth-order valence-corrected chi connectivity index (χ4v) is 6.06. The smallest absolute Gasteiger partial charge is 0.408 e. The Morgan fingerprint density at radius 2 is 1.32 bits per heavy atom. The number of nitrogens with two attached hydrogens (primary N) is 1. The number of rotatable bonds is 36. The molecule has 0 fully saturated rings. The number of aromatic amines is 1. The van der Waals surface area contributed by atoms with Crippen molar-refractivity contribution in [2.75, 3.05) is 111 Å². The Morgan fingerprint density at radius 3 is 1.97 bits per heavy atom. The lowest BCUT2D eigenvalue weighted by Gasteiger charge is -2.08. The number of fused-ring (bicyclic) bond motifs is 2. The molecule has 0 saturated carbocycles. The number of benzene rings is 1. The molecule has 5 N–H and O–H groups in total. The van der Waals surface area contributed by atoms with Crippen LogP contribution in [0.2, 0.25) is 0 Å². The van der Waals surface area contributed by atoms with Crippen LogP contribution in [0.1, 0.15) is 51.4 Å². The number of carbonyl (C=O) groups excluding carboxylic acids is 3. The van der Waals surface area contributed by atoms with Gasteiger partial charge in [0.25, 0.3) is 0 Å². The summed E-state index contributed by atoms with van der Waals surface area (Å²) in [6.07, 6.45) is 10.6. The maximum atomic E-state index is 12.4. The number of anilines is 1. The Hall–Kier alpha value is -5.20. The summed E-state index contributed by atoms with van der Waals surface area (Å²) in [6, 6.07) is 7.04. The molecule has 3 heterocycles. The molecule has 0 aliphatic carbocycles. The SMILES string of the molecule is C#CCOC(=O)NCCOCCOCCOCCC(=O)CCCOCCOCCOCCOCCC(=O)CCCCCn1nc(-c2cc3cc(O)ccc3[nH]2)c2c(N)ncnc21. The van der Waals surface area contributed by atoms with E-state index in [0.29, 0.717) is 160 Å². The highest BCUT2D eigenvalue weighted by Crippen LogP contribution is 2.32. The highest BCUT2D eigenvalue weighted by molar-refractivity contribution is 6.00. The molecule has 0 spiro atoms. The highest BCUT2D eigenvalue weighted by Gasteiger charge is 2.19. The van der Waals surface area contributed by atoms with Gasteiger partial charge in [0.15, 0.2) is 12.3 Å². The summed E-state index contributed by atoms with van der Waals surface area (Å²) in [6.45, 7) is 6.45. The quantitative estimate of drug-likeness (QED) is 0.0373. The number of aromatic nitrogens is 5.